The Bertz CT molecular complexity index is 711. The minimum Gasteiger partial charge on any atom is -0.454 e. The second-order valence-electron chi connectivity index (χ2n) is 5.81. The lowest BCUT2D eigenvalue weighted by Crippen LogP contribution is -2.34. The summed E-state index contributed by atoms with van der Waals surface area (Å²) in [5, 5.41) is 12.3. The zero-order valence-corrected chi connectivity index (χ0v) is 14.7. The zero-order chi connectivity index (χ0) is 17.5. The van der Waals surface area contributed by atoms with Crippen LogP contribution in [0.1, 0.15) is 10.4 Å². The minimum atomic E-state index is -0.595. The summed E-state index contributed by atoms with van der Waals surface area (Å²) in [4.78, 5) is 3.44. The fourth-order valence-corrected chi connectivity index (χ4v) is 3.46. The highest BCUT2D eigenvalue weighted by Crippen LogP contribution is 2.33. The third-order valence-electron chi connectivity index (χ3n) is 3.77. The zero-order valence-electron chi connectivity index (χ0n) is 13.9. The molecule has 0 amide bonds. The van der Waals surface area contributed by atoms with Crippen LogP contribution in [-0.2, 0) is 17.8 Å². The smallest absolute Gasteiger partial charge is 0.231 e. The van der Waals surface area contributed by atoms with Gasteiger partial charge in [0.1, 0.15) is 6.61 Å². The van der Waals surface area contributed by atoms with Gasteiger partial charge in [0, 0.05) is 24.5 Å². The Labute approximate surface area is 151 Å². The fraction of sp³-hybridized carbons (Fsp3) is 0.368. The standard InChI is InChI=1S/C19H21NO4S/c1-2-7-22-13-16(21)11-20(12-17-4-3-8-25-17)10-15-5-6-18-19(9-15)24-14-23-18/h1,3-6,8-9,16,21H,7,10-14H2. The highest BCUT2D eigenvalue weighted by molar-refractivity contribution is 7.09. The Morgan fingerprint density at radius 3 is 2.96 bits per heavy atom. The average Bonchev–Trinajstić information content (AvgIpc) is 3.26. The molecule has 0 spiro atoms. The second-order valence-corrected chi connectivity index (χ2v) is 6.84. The van der Waals surface area contributed by atoms with Gasteiger partial charge >= 0.3 is 0 Å². The molecule has 1 N–H and O–H groups in total. The lowest BCUT2D eigenvalue weighted by Gasteiger charge is -2.24. The fourth-order valence-electron chi connectivity index (χ4n) is 2.71. The molecule has 0 radical (unpaired) electrons. The summed E-state index contributed by atoms with van der Waals surface area (Å²) in [5.41, 5.74) is 1.11. The monoisotopic (exact) mass is 359 g/mol. The van der Waals surface area contributed by atoms with E-state index in [9.17, 15) is 5.11 Å². The van der Waals surface area contributed by atoms with Crippen LogP contribution in [0.5, 0.6) is 11.5 Å². The first-order valence-electron chi connectivity index (χ1n) is 8.07. The van der Waals surface area contributed by atoms with Crippen LogP contribution in [-0.4, -0.2) is 42.7 Å². The van der Waals surface area contributed by atoms with Crippen molar-refractivity contribution in [3.63, 3.8) is 0 Å². The molecule has 0 saturated heterocycles. The molecular weight excluding hydrogens is 338 g/mol. The molecule has 2 heterocycles. The number of terminal acetylenes is 1. The van der Waals surface area contributed by atoms with Crippen molar-refractivity contribution in [1.29, 1.82) is 0 Å². The first kappa shape index (κ1) is 17.8. The molecule has 0 fully saturated rings. The molecule has 1 unspecified atom stereocenters. The summed E-state index contributed by atoms with van der Waals surface area (Å²) in [7, 11) is 0. The number of nitrogens with zero attached hydrogens (tertiary/aromatic N) is 1. The molecular formula is C19H21NO4S. The van der Waals surface area contributed by atoms with Crippen molar-refractivity contribution in [2.75, 3.05) is 26.6 Å². The summed E-state index contributed by atoms with van der Waals surface area (Å²) in [6.07, 6.45) is 4.57. The summed E-state index contributed by atoms with van der Waals surface area (Å²) in [5.74, 6) is 3.95. The van der Waals surface area contributed by atoms with Crippen molar-refractivity contribution in [1.82, 2.24) is 4.90 Å². The molecule has 25 heavy (non-hydrogen) atoms. The normalized spacial score (nSPS) is 13.8. The van der Waals surface area contributed by atoms with Gasteiger partial charge in [-0.3, -0.25) is 4.90 Å². The maximum atomic E-state index is 10.2. The van der Waals surface area contributed by atoms with E-state index in [1.165, 1.54) is 4.88 Å². The Morgan fingerprint density at radius 1 is 1.28 bits per heavy atom. The minimum absolute atomic E-state index is 0.212. The lowest BCUT2D eigenvalue weighted by atomic mass is 10.1. The van der Waals surface area contributed by atoms with E-state index in [1.807, 2.05) is 24.3 Å². The predicted molar refractivity (Wildman–Crippen MR) is 96.7 cm³/mol. The Morgan fingerprint density at radius 2 is 2.16 bits per heavy atom. The van der Waals surface area contributed by atoms with Gasteiger partial charge in [0.05, 0.1) is 12.7 Å². The van der Waals surface area contributed by atoms with E-state index in [0.29, 0.717) is 13.1 Å². The van der Waals surface area contributed by atoms with Gasteiger partial charge in [-0.15, -0.1) is 17.8 Å². The third-order valence-corrected chi connectivity index (χ3v) is 4.63. The number of hydrogen-bond acceptors (Lipinski definition) is 6. The number of ether oxygens (including phenoxy) is 3. The molecule has 1 aliphatic heterocycles. The first-order valence-corrected chi connectivity index (χ1v) is 8.95. The second kappa shape index (κ2) is 8.88. The van der Waals surface area contributed by atoms with Crippen LogP contribution in [0.15, 0.2) is 35.7 Å². The van der Waals surface area contributed by atoms with Crippen LogP contribution in [0, 0.1) is 12.3 Å². The van der Waals surface area contributed by atoms with Crippen molar-refractivity contribution < 1.29 is 19.3 Å². The van der Waals surface area contributed by atoms with Gasteiger partial charge in [0.15, 0.2) is 11.5 Å². The van der Waals surface area contributed by atoms with Crippen LogP contribution in [0.4, 0.5) is 0 Å². The number of aliphatic hydroxyl groups is 1. The van der Waals surface area contributed by atoms with E-state index in [2.05, 4.69) is 22.3 Å². The molecule has 0 saturated carbocycles. The largest absolute Gasteiger partial charge is 0.454 e. The lowest BCUT2D eigenvalue weighted by molar-refractivity contribution is 0.0245. The Hall–Kier alpha value is -2.04. The maximum Gasteiger partial charge on any atom is 0.231 e. The molecule has 5 nitrogen and oxygen atoms in total. The summed E-state index contributed by atoms with van der Waals surface area (Å²) in [6.45, 7) is 2.66. The molecule has 1 aromatic heterocycles. The summed E-state index contributed by atoms with van der Waals surface area (Å²) < 4.78 is 16.0. The molecule has 1 aliphatic rings. The molecule has 132 valence electrons. The van der Waals surface area contributed by atoms with Gasteiger partial charge in [0.2, 0.25) is 6.79 Å². The van der Waals surface area contributed by atoms with E-state index < -0.39 is 6.10 Å². The van der Waals surface area contributed by atoms with Gasteiger partial charge in [-0.05, 0) is 29.1 Å². The van der Waals surface area contributed by atoms with Crippen LogP contribution in [0.3, 0.4) is 0 Å². The van der Waals surface area contributed by atoms with E-state index in [-0.39, 0.29) is 20.0 Å². The van der Waals surface area contributed by atoms with Crippen molar-refractivity contribution in [2.24, 2.45) is 0 Å². The van der Waals surface area contributed by atoms with Gasteiger partial charge in [-0.1, -0.05) is 18.1 Å². The number of hydrogen-bond donors (Lipinski definition) is 1. The predicted octanol–water partition coefficient (Wildman–Crippen LogP) is 2.49. The van der Waals surface area contributed by atoms with Gasteiger partial charge in [-0.25, -0.2) is 0 Å². The van der Waals surface area contributed by atoms with Gasteiger partial charge < -0.3 is 19.3 Å². The topological polar surface area (TPSA) is 51.2 Å². The number of rotatable bonds is 9. The summed E-state index contributed by atoms with van der Waals surface area (Å²) >= 11 is 1.70. The third kappa shape index (κ3) is 5.21. The molecule has 6 heteroatoms. The van der Waals surface area contributed by atoms with Crippen molar-refractivity contribution in [3.05, 3.63) is 46.2 Å². The van der Waals surface area contributed by atoms with Crippen LogP contribution >= 0.6 is 11.3 Å². The van der Waals surface area contributed by atoms with E-state index in [0.717, 1.165) is 23.6 Å². The molecule has 2 aromatic rings. The molecule has 0 aliphatic carbocycles. The number of fused-ring (bicyclic) bond motifs is 1. The maximum absolute atomic E-state index is 10.2. The Balaban J connectivity index is 1.64. The molecule has 0 bridgehead atoms. The van der Waals surface area contributed by atoms with Gasteiger partial charge in [-0.2, -0.15) is 0 Å². The number of aliphatic hydroxyl groups excluding tert-OH is 1. The highest BCUT2D eigenvalue weighted by Gasteiger charge is 2.17. The van der Waals surface area contributed by atoms with Gasteiger partial charge in [0.25, 0.3) is 0 Å². The number of thiophene rings is 1. The first-order chi connectivity index (χ1) is 12.2. The summed E-state index contributed by atoms with van der Waals surface area (Å²) in [6, 6.07) is 10.1. The van der Waals surface area contributed by atoms with Crippen LogP contribution in [0.25, 0.3) is 0 Å². The molecule has 1 atom stereocenters. The van der Waals surface area contributed by atoms with Crippen LogP contribution in [0.2, 0.25) is 0 Å². The average molecular weight is 359 g/mol. The highest BCUT2D eigenvalue weighted by atomic mass is 32.1. The molecule has 1 aromatic carbocycles. The Kier molecular flexibility index (Phi) is 6.31. The van der Waals surface area contributed by atoms with E-state index in [4.69, 9.17) is 20.6 Å². The molecule has 3 rings (SSSR count). The number of benzene rings is 1. The SMILES string of the molecule is C#CCOCC(O)CN(Cc1ccc2c(c1)OCO2)Cc1cccs1. The van der Waals surface area contributed by atoms with Crippen LogP contribution < -0.4 is 9.47 Å². The quantitative estimate of drug-likeness (QED) is 0.551. The van der Waals surface area contributed by atoms with E-state index >= 15 is 0 Å². The van der Waals surface area contributed by atoms with Crippen molar-refractivity contribution >= 4 is 11.3 Å². The van der Waals surface area contributed by atoms with Crippen molar-refractivity contribution in [2.45, 2.75) is 19.2 Å². The van der Waals surface area contributed by atoms with E-state index in [1.54, 1.807) is 11.3 Å². The van der Waals surface area contributed by atoms with Crippen molar-refractivity contribution in [3.8, 4) is 23.8 Å².